The molecule has 0 atom stereocenters. The first-order valence-electron chi connectivity index (χ1n) is 7.82. The van der Waals surface area contributed by atoms with Crippen molar-refractivity contribution in [2.24, 2.45) is 0 Å². The molecule has 12 heteroatoms. The minimum Gasteiger partial charge on any atom is -0.490 e. The maximum atomic E-state index is 12.7. The lowest BCUT2D eigenvalue weighted by molar-refractivity contribution is -0.386. The predicted molar refractivity (Wildman–Crippen MR) is 104 cm³/mol. The van der Waals surface area contributed by atoms with Gasteiger partial charge in [0.05, 0.1) is 17.0 Å². The van der Waals surface area contributed by atoms with E-state index in [1.165, 1.54) is 30.6 Å². The Labute approximate surface area is 168 Å². The lowest BCUT2D eigenvalue weighted by Crippen LogP contribution is -2.11. The first kappa shape index (κ1) is 20.2. The van der Waals surface area contributed by atoms with Crippen molar-refractivity contribution in [3.8, 4) is 21.9 Å². The fourth-order valence-electron chi connectivity index (χ4n) is 2.46. The number of benzene rings is 2. The van der Waals surface area contributed by atoms with Crippen molar-refractivity contribution >= 4 is 32.8 Å². The van der Waals surface area contributed by atoms with E-state index in [2.05, 4.69) is 0 Å². The van der Waals surface area contributed by atoms with Gasteiger partial charge in [0.15, 0.2) is 11.5 Å². The smallest absolute Gasteiger partial charge is 0.339 e. The van der Waals surface area contributed by atoms with Crippen LogP contribution in [0, 0.1) is 20.2 Å². The van der Waals surface area contributed by atoms with Gasteiger partial charge in [-0.05, 0) is 29.6 Å². The summed E-state index contributed by atoms with van der Waals surface area (Å²) in [6, 6.07) is 9.91. The Morgan fingerprint density at radius 3 is 2.28 bits per heavy atom. The van der Waals surface area contributed by atoms with Crippen LogP contribution in [0.3, 0.4) is 0 Å². The largest absolute Gasteiger partial charge is 0.490 e. The summed E-state index contributed by atoms with van der Waals surface area (Å²) in [6.07, 6.45) is 0. The van der Waals surface area contributed by atoms with Crippen molar-refractivity contribution < 1.29 is 27.2 Å². The van der Waals surface area contributed by atoms with Gasteiger partial charge in [0.25, 0.3) is 5.69 Å². The van der Waals surface area contributed by atoms with Gasteiger partial charge in [0.2, 0.25) is 0 Å². The van der Waals surface area contributed by atoms with Crippen LogP contribution in [0.2, 0.25) is 0 Å². The van der Waals surface area contributed by atoms with E-state index >= 15 is 0 Å². The molecule has 1 aromatic heterocycles. The van der Waals surface area contributed by atoms with E-state index in [4.69, 9.17) is 8.92 Å². The Morgan fingerprint density at radius 2 is 1.69 bits per heavy atom. The van der Waals surface area contributed by atoms with Crippen LogP contribution < -0.4 is 8.92 Å². The zero-order valence-corrected chi connectivity index (χ0v) is 16.3. The van der Waals surface area contributed by atoms with Gasteiger partial charge in [-0.25, -0.2) is 0 Å². The average Bonchev–Trinajstić information content (AvgIpc) is 3.21. The number of nitro benzene ring substituents is 2. The Morgan fingerprint density at radius 1 is 0.966 bits per heavy atom. The fourth-order valence-corrected chi connectivity index (χ4v) is 4.18. The molecule has 3 rings (SSSR count). The second kappa shape index (κ2) is 7.85. The van der Waals surface area contributed by atoms with Gasteiger partial charge >= 0.3 is 15.8 Å². The van der Waals surface area contributed by atoms with Crippen molar-refractivity contribution in [2.45, 2.75) is 4.90 Å². The zero-order valence-electron chi connectivity index (χ0n) is 14.7. The molecular weight excluding hydrogens is 424 g/mol. The number of thiophene rings is 1. The lowest BCUT2D eigenvalue weighted by atomic mass is 10.1. The van der Waals surface area contributed by atoms with Crippen molar-refractivity contribution in [1.29, 1.82) is 0 Å². The van der Waals surface area contributed by atoms with Crippen molar-refractivity contribution in [3.05, 3.63) is 74.1 Å². The fraction of sp³-hybridized carbons (Fsp3) is 0.0588. The minimum absolute atomic E-state index is 0.108. The number of methoxy groups -OCH3 is 1. The van der Waals surface area contributed by atoms with Crippen LogP contribution >= 0.6 is 11.3 Å². The summed E-state index contributed by atoms with van der Waals surface area (Å²) in [5.74, 6) is -0.250. The second-order valence-corrected chi connectivity index (χ2v) is 8.04. The highest BCUT2D eigenvalue weighted by Gasteiger charge is 2.25. The minimum atomic E-state index is -4.47. The first-order valence-corrected chi connectivity index (χ1v) is 10.1. The highest BCUT2D eigenvalue weighted by molar-refractivity contribution is 7.87. The number of hydrogen-bond donors (Lipinski definition) is 0. The van der Waals surface area contributed by atoms with Crippen LogP contribution in [0.5, 0.6) is 11.5 Å². The Bertz CT molecular complexity index is 1190. The highest BCUT2D eigenvalue weighted by Crippen LogP contribution is 2.38. The van der Waals surface area contributed by atoms with Gasteiger partial charge in [-0.15, -0.1) is 11.3 Å². The summed E-state index contributed by atoms with van der Waals surface area (Å²) in [4.78, 5) is 20.9. The molecule has 10 nitrogen and oxygen atoms in total. The van der Waals surface area contributed by atoms with E-state index in [1.807, 2.05) is 0 Å². The summed E-state index contributed by atoms with van der Waals surface area (Å²) in [5.41, 5.74) is -0.571. The summed E-state index contributed by atoms with van der Waals surface area (Å²) in [5, 5.41) is 24.0. The Hall–Kier alpha value is -3.51. The first-order chi connectivity index (χ1) is 13.7. The van der Waals surface area contributed by atoms with Crippen molar-refractivity contribution in [1.82, 2.24) is 0 Å². The number of rotatable bonds is 7. The third-order valence-corrected chi connectivity index (χ3v) is 5.93. The molecule has 0 bridgehead atoms. The summed E-state index contributed by atoms with van der Waals surface area (Å²) in [6.45, 7) is 0. The zero-order chi connectivity index (χ0) is 21.2. The SMILES string of the molecule is COc1ccc(S(=O)(=O)Oc2ccc([N+](=O)[O-])cc2-c2cccs2)cc1[N+](=O)[O-]. The molecule has 2 aromatic carbocycles. The number of ether oxygens (including phenoxy) is 1. The van der Waals surface area contributed by atoms with E-state index in [0.29, 0.717) is 4.88 Å². The number of non-ortho nitro benzene ring substituents is 1. The lowest BCUT2D eigenvalue weighted by Gasteiger charge is -2.11. The van der Waals surface area contributed by atoms with Gasteiger partial charge in [0, 0.05) is 28.6 Å². The van der Waals surface area contributed by atoms with Gasteiger partial charge in [-0.1, -0.05) is 6.07 Å². The van der Waals surface area contributed by atoms with Gasteiger partial charge in [-0.3, -0.25) is 20.2 Å². The van der Waals surface area contributed by atoms with Gasteiger partial charge in [-0.2, -0.15) is 8.42 Å². The van der Waals surface area contributed by atoms with Crippen molar-refractivity contribution in [3.63, 3.8) is 0 Å². The summed E-state index contributed by atoms with van der Waals surface area (Å²) in [7, 11) is -3.25. The molecule has 0 aliphatic heterocycles. The van der Waals surface area contributed by atoms with Gasteiger partial charge in [0.1, 0.15) is 4.90 Å². The molecule has 0 aliphatic rings. The molecule has 29 heavy (non-hydrogen) atoms. The predicted octanol–water partition coefficient (Wildman–Crippen LogP) is 4.01. The van der Waals surface area contributed by atoms with Crippen LogP contribution in [0.25, 0.3) is 10.4 Å². The van der Waals surface area contributed by atoms with Crippen LogP contribution in [-0.4, -0.2) is 25.4 Å². The molecule has 0 N–H and O–H groups in total. The van der Waals surface area contributed by atoms with Crippen LogP contribution in [0.1, 0.15) is 0 Å². The molecule has 0 fully saturated rings. The van der Waals surface area contributed by atoms with Crippen LogP contribution in [0.15, 0.2) is 58.8 Å². The number of nitro groups is 2. The quantitative estimate of drug-likeness (QED) is 0.307. The molecule has 0 saturated heterocycles. The summed E-state index contributed by atoms with van der Waals surface area (Å²) >= 11 is 1.24. The molecule has 3 aromatic rings. The second-order valence-electron chi connectivity index (χ2n) is 5.54. The summed E-state index contributed by atoms with van der Waals surface area (Å²) < 4.78 is 35.4. The van der Waals surface area contributed by atoms with E-state index in [-0.39, 0.29) is 22.7 Å². The average molecular weight is 436 g/mol. The number of hydrogen-bond acceptors (Lipinski definition) is 9. The third-order valence-electron chi connectivity index (χ3n) is 3.80. The maximum Gasteiger partial charge on any atom is 0.339 e. The third kappa shape index (κ3) is 4.17. The molecule has 0 unspecified atom stereocenters. The Balaban J connectivity index is 2.06. The number of nitrogens with zero attached hydrogens (tertiary/aromatic N) is 2. The maximum absolute atomic E-state index is 12.7. The van der Waals surface area contributed by atoms with Crippen LogP contribution in [0.4, 0.5) is 11.4 Å². The van der Waals surface area contributed by atoms with Crippen molar-refractivity contribution in [2.75, 3.05) is 7.11 Å². The topological polar surface area (TPSA) is 139 Å². The Kier molecular flexibility index (Phi) is 5.48. The standard InChI is InChI=1S/C17H12N2O8S2/c1-26-16-7-5-12(10-14(16)19(22)23)29(24,25)27-15-6-4-11(18(20)21)9-13(15)17-3-2-8-28-17/h2-10H,1H3. The molecule has 0 spiro atoms. The molecule has 0 amide bonds. The van der Waals surface area contributed by atoms with E-state index in [9.17, 15) is 28.6 Å². The molecular formula is C17H12N2O8S2. The molecule has 1 heterocycles. The molecule has 0 saturated carbocycles. The highest BCUT2D eigenvalue weighted by atomic mass is 32.2. The molecule has 0 radical (unpaired) electrons. The van der Waals surface area contributed by atoms with E-state index in [1.54, 1.807) is 17.5 Å². The van der Waals surface area contributed by atoms with Crippen LogP contribution in [-0.2, 0) is 10.1 Å². The monoisotopic (exact) mass is 436 g/mol. The molecule has 150 valence electrons. The molecule has 0 aliphatic carbocycles. The van der Waals surface area contributed by atoms with E-state index in [0.717, 1.165) is 24.3 Å². The normalized spacial score (nSPS) is 11.1. The van der Waals surface area contributed by atoms with Gasteiger partial charge < -0.3 is 8.92 Å². The van der Waals surface area contributed by atoms with E-state index < -0.39 is 30.5 Å².